The number of methoxy groups -OCH3 is 1. The van der Waals surface area contributed by atoms with Gasteiger partial charge in [-0.25, -0.2) is 0 Å². The van der Waals surface area contributed by atoms with Crippen LogP contribution < -0.4 is 15.0 Å². The molecular weight excluding hydrogens is 200 g/mol. The highest BCUT2D eigenvalue weighted by atomic mass is 16.5. The molecule has 1 aliphatic rings. The zero-order chi connectivity index (χ0) is 11.5. The molecule has 2 unspecified atom stereocenters. The summed E-state index contributed by atoms with van der Waals surface area (Å²) < 4.78 is 5.17. The van der Waals surface area contributed by atoms with Gasteiger partial charge in [0.05, 0.1) is 7.11 Å². The van der Waals surface area contributed by atoms with Gasteiger partial charge in [-0.2, -0.15) is 0 Å². The molecule has 2 rings (SSSR count). The molecule has 3 heteroatoms. The lowest BCUT2D eigenvalue weighted by Crippen LogP contribution is -2.54. The van der Waals surface area contributed by atoms with E-state index in [4.69, 9.17) is 4.74 Å². The van der Waals surface area contributed by atoms with Crippen LogP contribution in [0.15, 0.2) is 24.3 Å². The Balaban J connectivity index is 2.10. The summed E-state index contributed by atoms with van der Waals surface area (Å²) in [6, 6.07) is 9.39. The Morgan fingerprint density at radius 2 is 1.69 bits per heavy atom. The SMILES string of the molecule is COc1ccc(N2CC(C)NC(C)C2)cc1. The average Bonchev–Trinajstić information content (AvgIpc) is 2.28. The van der Waals surface area contributed by atoms with E-state index in [0.29, 0.717) is 12.1 Å². The molecule has 0 aromatic heterocycles. The van der Waals surface area contributed by atoms with Crippen LogP contribution >= 0.6 is 0 Å². The highest BCUT2D eigenvalue weighted by molar-refractivity contribution is 5.49. The maximum atomic E-state index is 5.17. The number of nitrogens with one attached hydrogen (secondary N) is 1. The monoisotopic (exact) mass is 220 g/mol. The summed E-state index contributed by atoms with van der Waals surface area (Å²) in [5, 5.41) is 3.54. The minimum Gasteiger partial charge on any atom is -0.497 e. The summed E-state index contributed by atoms with van der Waals surface area (Å²) in [6.45, 7) is 6.59. The molecule has 16 heavy (non-hydrogen) atoms. The van der Waals surface area contributed by atoms with Gasteiger partial charge >= 0.3 is 0 Å². The molecule has 1 aromatic carbocycles. The molecule has 0 aliphatic carbocycles. The van der Waals surface area contributed by atoms with Crippen molar-refractivity contribution in [2.75, 3.05) is 25.1 Å². The summed E-state index contributed by atoms with van der Waals surface area (Å²) in [5.41, 5.74) is 1.28. The van der Waals surface area contributed by atoms with Crippen molar-refractivity contribution in [3.05, 3.63) is 24.3 Å². The molecule has 0 amide bonds. The van der Waals surface area contributed by atoms with Gasteiger partial charge in [-0.3, -0.25) is 0 Å². The van der Waals surface area contributed by atoms with Crippen LogP contribution in [0.5, 0.6) is 5.75 Å². The van der Waals surface area contributed by atoms with Crippen molar-refractivity contribution in [2.24, 2.45) is 0 Å². The molecule has 88 valence electrons. The van der Waals surface area contributed by atoms with Gasteiger partial charge in [0.15, 0.2) is 0 Å². The minimum absolute atomic E-state index is 0.547. The maximum absolute atomic E-state index is 5.17. The van der Waals surface area contributed by atoms with Crippen LogP contribution in [-0.2, 0) is 0 Å². The number of hydrogen-bond acceptors (Lipinski definition) is 3. The van der Waals surface area contributed by atoms with Crippen molar-refractivity contribution in [3.8, 4) is 5.75 Å². The van der Waals surface area contributed by atoms with Crippen molar-refractivity contribution in [1.29, 1.82) is 0 Å². The van der Waals surface area contributed by atoms with E-state index in [1.165, 1.54) is 5.69 Å². The lowest BCUT2D eigenvalue weighted by molar-refractivity contribution is 0.405. The van der Waals surface area contributed by atoms with Crippen molar-refractivity contribution in [2.45, 2.75) is 25.9 Å². The highest BCUT2D eigenvalue weighted by Gasteiger charge is 2.20. The predicted octanol–water partition coefficient (Wildman–Crippen LogP) is 1.88. The predicted molar refractivity (Wildman–Crippen MR) is 67.3 cm³/mol. The van der Waals surface area contributed by atoms with Gasteiger partial charge in [0, 0.05) is 30.9 Å². The minimum atomic E-state index is 0.547. The first kappa shape index (κ1) is 11.3. The second-order valence-corrected chi connectivity index (χ2v) is 4.57. The van der Waals surface area contributed by atoms with Gasteiger partial charge in [-0.15, -0.1) is 0 Å². The van der Waals surface area contributed by atoms with E-state index in [-0.39, 0.29) is 0 Å². The summed E-state index contributed by atoms with van der Waals surface area (Å²) >= 11 is 0. The Morgan fingerprint density at radius 1 is 1.12 bits per heavy atom. The third kappa shape index (κ3) is 2.47. The van der Waals surface area contributed by atoms with Crippen LogP contribution in [0.2, 0.25) is 0 Å². The number of nitrogens with zero attached hydrogens (tertiary/aromatic N) is 1. The Morgan fingerprint density at radius 3 is 2.19 bits per heavy atom. The molecule has 2 atom stereocenters. The molecule has 1 N–H and O–H groups in total. The molecule has 0 bridgehead atoms. The first-order valence-corrected chi connectivity index (χ1v) is 5.84. The molecule has 0 radical (unpaired) electrons. The van der Waals surface area contributed by atoms with Crippen LogP contribution in [0.25, 0.3) is 0 Å². The number of hydrogen-bond donors (Lipinski definition) is 1. The van der Waals surface area contributed by atoms with Crippen molar-refractivity contribution in [3.63, 3.8) is 0 Å². The van der Waals surface area contributed by atoms with Gasteiger partial charge in [-0.1, -0.05) is 0 Å². The standard InChI is InChI=1S/C13H20N2O/c1-10-8-15(9-11(2)14-10)12-4-6-13(16-3)7-5-12/h4-7,10-11,14H,8-9H2,1-3H3. The summed E-state index contributed by atoms with van der Waals surface area (Å²) in [4.78, 5) is 2.42. The number of anilines is 1. The zero-order valence-corrected chi connectivity index (χ0v) is 10.2. The molecule has 1 aliphatic heterocycles. The van der Waals surface area contributed by atoms with Crippen LogP contribution in [0.1, 0.15) is 13.8 Å². The Hall–Kier alpha value is -1.22. The van der Waals surface area contributed by atoms with E-state index in [9.17, 15) is 0 Å². The van der Waals surface area contributed by atoms with Gasteiger partial charge in [0.2, 0.25) is 0 Å². The molecule has 0 spiro atoms. The van der Waals surface area contributed by atoms with E-state index in [1.54, 1.807) is 7.11 Å². The fourth-order valence-electron chi connectivity index (χ4n) is 2.33. The van der Waals surface area contributed by atoms with E-state index >= 15 is 0 Å². The normalized spacial score (nSPS) is 25.6. The van der Waals surface area contributed by atoms with E-state index in [1.807, 2.05) is 12.1 Å². The molecule has 1 aromatic rings. The van der Waals surface area contributed by atoms with Crippen molar-refractivity contribution < 1.29 is 4.74 Å². The van der Waals surface area contributed by atoms with E-state index in [2.05, 4.69) is 36.2 Å². The zero-order valence-electron chi connectivity index (χ0n) is 10.2. The van der Waals surface area contributed by atoms with Gasteiger partial charge < -0.3 is 15.0 Å². The van der Waals surface area contributed by atoms with Crippen LogP contribution in [0, 0.1) is 0 Å². The molecule has 1 fully saturated rings. The van der Waals surface area contributed by atoms with E-state index < -0.39 is 0 Å². The number of ether oxygens (including phenoxy) is 1. The van der Waals surface area contributed by atoms with Crippen LogP contribution in [0.4, 0.5) is 5.69 Å². The largest absolute Gasteiger partial charge is 0.497 e. The Kier molecular flexibility index (Phi) is 3.34. The molecular formula is C13H20N2O. The average molecular weight is 220 g/mol. The first-order valence-electron chi connectivity index (χ1n) is 5.84. The van der Waals surface area contributed by atoms with Crippen LogP contribution in [-0.4, -0.2) is 32.3 Å². The number of piperazine rings is 1. The molecule has 3 nitrogen and oxygen atoms in total. The first-order chi connectivity index (χ1) is 7.69. The topological polar surface area (TPSA) is 24.5 Å². The quantitative estimate of drug-likeness (QED) is 0.823. The van der Waals surface area contributed by atoms with Gasteiger partial charge in [0.25, 0.3) is 0 Å². The third-order valence-electron chi connectivity index (χ3n) is 3.00. The van der Waals surface area contributed by atoms with Crippen molar-refractivity contribution in [1.82, 2.24) is 5.32 Å². The summed E-state index contributed by atoms with van der Waals surface area (Å²) in [6.07, 6.45) is 0. The highest BCUT2D eigenvalue weighted by Crippen LogP contribution is 2.21. The number of benzene rings is 1. The Labute approximate surface area is 97.4 Å². The fourth-order valence-corrected chi connectivity index (χ4v) is 2.33. The lowest BCUT2D eigenvalue weighted by atomic mass is 10.1. The number of rotatable bonds is 2. The third-order valence-corrected chi connectivity index (χ3v) is 3.00. The maximum Gasteiger partial charge on any atom is 0.119 e. The smallest absolute Gasteiger partial charge is 0.119 e. The summed E-state index contributed by atoms with van der Waals surface area (Å²) in [5.74, 6) is 0.917. The molecule has 1 saturated heterocycles. The van der Waals surface area contributed by atoms with E-state index in [0.717, 1.165) is 18.8 Å². The van der Waals surface area contributed by atoms with Crippen LogP contribution in [0.3, 0.4) is 0 Å². The fraction of sp³-hybridized carbons (Fsp3) is 0.538. The summed E-state index contributed by atoms with van der Waals surface area (Å²) in [7, 11) is 1.70. The second kappa shape index (κ2) is 4.74. The Bertz CT molecular complexity index is 326. The van der Waals surface area contributed by atoms with Gasteiger partial charge in [0.1, 0.15) is 5.75 Å². The van der Waals surface area contributed by atoms with Crippen molar-refractivity contribution >= 4 is 5.69 Å². The lowest BCUT2D eigenvalue weighted by Gasteiger charge is -2.37. The molecule has 0 saturated carbocycles. The van der Waals surface area contributed by atoms with Gasteiger partial charge in [-0.05, 0) is 38.1 Å². The molecule has 1 heterocycles. The second-order valence-electron chi connectivity index (χ2n) is 4.57.